The molecule has 0 unspecified atom stereocenters. The van der Waals surface area contributed by atoms with Gasteiger partial charge in [0.1, 0.15) is 17.4 Å². The molecule has 140 valence electrons. The number of rotatable bonds is 4. The van der Waals surface area contributed by atoms with Gasteiger partial charge in [0, 0.05) is 27.2 Å². The molecule has 2 aromatic carbocycles. The molecular formula is C22H18BrN3O2. The summed E-state index contributed by atoms with van der Waals surface area (Å²) < 4.78 is 2.84. The Morgan fingerprint density at radius 3 is 2.54 bits per heavy atom. The number of aryl methyl sites for hydroxylation is 1. The van der Waals surface area contributed by atoms with Gasteiger partial charge in [-0.2, -0.15) is 5.26 Å². The number of nitrogens with one attached hydrogen (secondary N) is 1. The molecule has 1 amide bonds. The summed E-state index contributed by atoms with van der Waals surface area (Å²) in [6.45, 7) is 3.87. The number of carbonyl (C=O) groups is 1. The molecule has 0 saturated carbocycles. The summed E-state index contributed by atoms with van der Waals surface area (Å²) >= 11 is 3.36. The average molecular weight is 436 g/mol. The van der Waals surface area contributed by atoms with E-state index >= 15 is 0 Å². The van der Waals surface area contributed by atoms with Crippen molar-refractivity contribution in [3.8, 4) is 17.5 Å². The molecule has 0 spiro atoms. The van der Waals surface area contributed by atoms with Crippen LogP contribution in [0.4, 0.5) is 5.69 Å². The number of phenolic OH excluding ortho intramolecular Hbond substituents is 1. The second-order valence-corrected chi connectivity index (χ2v) is 7.23. The summed E-state index contributed by atoms with van der Waals surface area (Å²) in [6.07, 6.45) is 1.59. The zero-order valence-corrected chi connectivity index (χ0v) is 17.0. The second-order valence-electron chi connectivity index (χ2n) is 6.31. The van der Waals surface area contributed by atoms with Crippen LogP contribution in [-0.4, -0.2) is 15.6 Å². The van der Waals surface area contributed by atoms with Crippen molar-refractivity contribution >= 4 is 33.6 Å². The number of aromatic nitrogens is 1. The van der Waals surface area contributed by atoms with Gasteiger partial charge in [0.05, 0.1) is 0 Å². The van der Waals surface area contributed by atoms with E-state index < -0.39 is 5.91 Å². The molecule has 0 aliphatic rings. The SMILES string of the molecule is Cc1cc(C=C(C#N)C(=O)Nc2cccc(Br)c2)c(C)n1-c1ccc(O)cc1. The minimum absolute atomic E-state index is 0.0194. The van der Waals surface area contributed by atoms with E-state index in [4.69, 9.17) is 0 Å². The van der Waals surface area contributed by atoms with Crippen LogP contribution in [0.2, 0.25) is 0 Å². The van der Waals surface area contributed by atoms with E-state index in [1.807, 2.05) is 48.7 Å². The Hall–Kier alpha value is -3.30. The topological polar surface area (TPSA) is 78.0 Å². The number of nitrogens with zero attached hydrogens (tertiary/aromatic N) is 2. The van der Waals surface area contributed by atoms with Crippen molar-refractivity contribution in [2.75, 3.05) is 5.32 Å². The molecule has 6 heteroatoms. The van der Waals surface area contributed by atoms with Gasteiger partial charge in [0.25, 0.3) is 5.91 Å². The Morgan fingerprint density at radius 1 is 1.18 bits per heavy atom. The first-order chi connectivity index (χ1) is 13.4. The third-order valence-electron chi connectivity index (χ3n) is 4.33. The largest absolute Gasteiger partial charge is 0.508 e. The molecule has 3 aromatic rings. The van der Waals surface area contributed by atoms with Crippen LogP contribution in [0.5, 0.6) is 5.75 Å². The Morgan fingerprint density at radius 2 is 1.89 bits per heavy atom. The molecule has 0 fully saturated rings. The number of phenols is 1. The average Bonchev–Trinajstić information content (AvgIpc) is 2.94. The number of carbonyl (C=O) groups excluding carboxylic acids is 1. The molecule has 0 aliphatic heterocycles. The fourth-order valence-corrected chi connectivity index (χ4v) is 3.40. The van der Waals surface area contributed by atoms with Crippen LogP contribution in [0.15, 0.2) is 64.6 Å². The quantitative estimate of drug-likeness (QED) is 0.441. The summed E-state index contributed by atoms with van der Waals surface area (Å²) in [5, 5.41) is 21.7. The Balaban J connectivity index is 1.93. The zero-order valence-electron chi connectivity index (χ0n) is 15.4. The van der Waals surface area contributed by atoms with Crippen molar-refractivity contribution in [3.05, 3.63) is 81.6 Å². The Labute approximate surface area is 171 Å². The highest BCUT2D eigenvalue weighted by Crippen LogP contribution is 2.24. The van der Waals surface area contributed by atoms with Gasteiger partial charge in [-0.3, -0.25) is 4.79 Å². The molecule has 0 atom stereocenters. The molecule has 0 aliphatic carbocycles. The molecule has 0 radical (unpaired) electrons. The molecule has 2 N–H and O–H groups in total. The predicted molar refractivity (Wildman–Crippen MR) is 113 cm³/mol. The number of benzene rings is 2. The Kier molecular flexibility index (Phi) is 5.67. The van der Waals surface area contributed by atoms with E-state index in [0.29, 0.717) is 5.69 Å². The van der Waals surface area contributed by atoms with Crippen molar-refractivity contribution < 1.29 is 9.90 Å². The zero-order chi connectivity index (χ0) is 20.3. The van der Waals surface area contributed by atoms with Crippen LogP contribution in [0.3, 0.4) is 0 Å². The van der Waals surface area contributed by atoms with Gasteiger partial charge in [0.2, 0.25) is 0 Å². The number of halogens is 1. The van der Waals surface area contributed by atoms with E-state index in [1.54, 1.807) is 36.4 Å². The fraction of sp³-hybridized carbons (Fsp3) is 0.0909. The van der Waals surface area contributed by atoms with E-state index in [2.05, 4.69) is 21.2 Å². The summed E-state index contributed by atoms with van der Waals surface area (Å²) in [7, 11) is 0. The van der Waals surface area contributed by atoms with Gasteiger partial charge >= 0.3 is 0 Å². The lowest BCUT2D eigenvalue weighted by Crippen LogP contribution is -2.13. The number of aromatic hydroxyl groups is 1. The summed E-state index contributed by atoms with van der Waals surface area (Å²) in [6, 6.07) is 18.0. The molecule has 5 nitrogen and oxygen atoms in total. The minimum Gasteiger partial charge on any atom is -0.508 e. The minimum atomic E-state index is -0.463. The monoisotopic (exact) mass is 435 g/mol. The summed E-state index contributed by atoms with van der Waals surface area (Å²) in [5.74, 6) is -0.266. The predicted octanol–water partition coefficient (Wildman–Crippen LogP) is 5.11. The standard InChI is InChI=1S/C22H18BrN3O2/c1-14-10-16(15(2)26(14)20-6-8-21(27)9-7-20)11-17(13-24)22(28)25-19-5-3-4-18(23)12-19/h3-12,27H,1-2H3,(H,25,28). The van der Waals surface area contributed by atoms with E-state index in [-0.39, 0.29) is 11.3 Å². The van der Waals surface area contributed by atoms with E-state index in [1.165, 1.54) is 0 Å². The molecule has 0 saturated heterocycles. The van der Waals surface area contributed by atoms with Gasteiger partial charge in [-0.15, -0.1) is 0 Å². The van der Waals surface area contributed by atoms with Gasteiger partial charge in [-0.05, 0) is 74.0 Å². The normalized spacial score (nSPS) is 11.1. The third kappa shape index (κ3) is 4.16. The number of amides is 1. The lowest BCUT2D eigenvalue weighted by Gasteiger charge is -2.09. The summed E-state index contributed by atoms with van der Waals surface area (Å²) in [5.41, 5.74) is 4.16. The van der Waals surface area contributed by atoms with Crippen LogP contribution >= 0.6 is 15.9 Å². The van der Waals surface area contributed by atoms with Crippen LogP contribution in [0.1, 0.15) is 17.0 Å². The van der Waals surface area contributed by atoms with Gasteiger partial charge in [0.15, 0.2) is 0 Å². The maximum Gasteiger partial charge on any atom is 0.266 e. The Bertz CT molecular complexity index is 1110. The first-order valence-electron chi connectivity index (χ1n) is 8.56. The number of hydrogen-bond acceptors (Lipinski definition) is 3. The first-order valence-corrected chi connectivity index (χ1v) is 9.35. The van der Waals surface area contributed by atoms with E-state index in [9.17, 15) is 15.2 Å². The van der Waals surface area contributed by atoms with Crippen molar-refractivity contribution in [1.29, 1.82) is 5.26 Å². The molecular weight excluding hydrogens is 418 g/mol. The molecule has 3 rings (SSSR count). The smallest absolute Gasteiger partial charge is 0.266 e. The van der Waals surface area contributed by atoms with E-state index in [0.717, 1.165) is 27.1 Å². The van der Waals surface area contributed by atoms with Crippen LogP contribution in [0, 0.1) is 25.2 Å². The van der Waals surface area contributed by atoms with Gasteiger partial charge in [-0.1, -0.05) is 22.0 Å². The third-order valence-corrected chi connectivity index (χ3v) is 4.82. The lowest BCUT2D eigenvalue weighted by molar-refractivity contribution is -0.112. The number of hydrogen-bond donors (Lipinski definition) is 2. The highest BCUT2D eigenvalue weighted by Gasteiger charge is 2.14. The number of nitriles is 1. The van der Waals surface area contributed by atoms with Crippen LogP contribution in [0.25, 0.3) is 11.8 Å². The molecule has 1 heterocycles. The van der Waals surface area contributed by atoms with Crippen molar-refractivity contribution in [2.24, 2.45) is 0 Å². The lowest BCUT2D eigenvalue weighted by atomic mass is 10.1. The first kappa shape index (κ1) is 19.5. The van der Waals surface area contributed by atoms with Gasteiger partial charge < -0.3 is 15.0 Å². The molecule has 1 aromatic heterocycles. The molecule has 28 heavy (non-hydrogen) atoms. The van der Waals surface area contributed by atoms with Crippen LogP contribution < -0.4 is 5.32 Å². The maximum atomic E-state index is 12.5. The van der Waals surface area contributed by atoms with Crippen molar-refractivity contribution in [3.63, 3.8) is 0 Å². The second kappa shape index (κ2) is 8.15. The number of anilines is 1. The van der Waals surface area contributed by atoms with Gasteiger partial charge in [-0.25, -0.2) is 0 Å². The molecule has 0 bridgehead atoms. The van der Waals surface area contributed by atoms with Crippen LogP contribution in [-0.2, 0) is 4.79 Å². The summed E-state index contributed by atoms with van der Waals surface area (Å²) in [4.78, 5) is 12.5. The van der Waals surface area contributed by atoms with Crippen molar-refractivity contribution in [1.82, 2.24) is 4.57 Å². The highest BCUT2D eigenvalue weighted by molar-refractivity contribution is 9.10. The van der Waals surface area contributed by atoms with Crippen molar-refractivity contribution in [2.45, 2.75) is 13.8 Å². The highest BCUT2D eigenvalue weighted by atomic mass is 79.9. The fourth-order valence-electron chi connectivity index (χ4n) is 3.00. The maximum absolute atomic E-state index is 12.5.